The quantitative estimate of drug-likeness (QED) is 0.560. The minimum atomic E-state index is -0.0612. The summed E-state index contributed by atoms with van der Waals surface area (Å²) in [6, 6.07) is 4.49. The van der Waals surface area contributed by atoms with Gasteiger partial charge >= 0.3 is 0 Å². The van der Waals surface area contributed by atoms with E-state index >= 15 is 0 Å². The zero-order valence-electron chi connectivity index (χ0n) is 15.8. The molecule has 3 heterocycles. The number of anilines is 1. The maximum Gasteiger partial charge on any atom is 0.176 e. The first-order valence-corrected chi connectivity index (χ1v) is 11.4. The highest BCUT2D eigenvalue weighted by molar-refractivity contribution is 9.10. The van der Waals surface area contributed by atoms with E-state index in [1.54, 1.807) is 11.8 Å². The Hall–Kier alpha value is -1.97. The highest BCUT2D eigenvalue weighted by Gasteiger charge is 2.28. The molecule has 3 N–H and O–H groups in total. The summed E-state index contributed by atoms with van der Waals surface area (Å²) in [4.78, 5) is 25.9. The van der Waals surface area contributed by atoms with Crippen molar-refractivity contribution < 1.29 is 4.79 Å². The van der Waals surface area contributed by atoms with E-state index in [9.17, 15) is 4.79 Å². The van der Waals surface area contributed by atoms with Crippen LogP contribution in [0.5, 0.6) is 0 Å². The molecule has 0 spiro atoms. The van der Waals surface area contributed by atoms with Crippen molar-refractivity contribution in [3.63, 3.8) is 0 Å². The lowest BCUT2D eigenvalue weighted by molar-refractivity contribution is -0.112. The number of carbonyl (C=O) groups is 1. The third kappa shape index (κ3) is 3.45. The zero-order chi connectivity index (χ0) is 20.0. The fourth-order valence-corrected chi connectivity index (χ4v) is 5.89. The number of imidazole rings is 1. The molecule has 0 saturated carbocycles. The van der Waals surface area contributed by atoms with Gasteiger partial charge in [-0.15, -0.1) is 0 Å². The summed E-state index contributed by atoms with van der Waals surface area (Å²) in [6.07, 6.45) is 7.49. The molecule has 3 aromatic rings. The number of aromatic nitrogens is 4. The largest absolute Gasteiger partial charge is 0.382 e. The monoisotopic (exact) mass is 472 g/mol. The molecule has 1 fully saturated rings. The highest BCUT2D eigenvalue weighted by Crippen LogP contribution is 2.40. The molecule has 2 atom stereocenters. The van der Waals surface area contributed by atoms with Gasteiger partial charge in [-0.3, -0.25) is 9.88 Å². The Morgan fingerprint density at radius 2 is 2.10 bits per heavy atom. The van der Waals surface area contributed by atoms with Gasteiger partial charge in [0, 0.05) is 15.3 Å². The number of nitrogens with zero attached hydrogens (tertiary/aromatic N) is 4. The maximum atomic E-state index is 11.4. The van der Waals surface area contributed by atoms with Crippen molar-refractivity contribution in [2.75, 3.05) is 12.3 Å². The number of nitrogens with two attached hydrogens (primary N) is 1. The Balaban J connectivity index is 1.60. The van der Waals surface area contributed by atoms with Crippen LogP contribution in [-0.4, -0.2) is 32.3 Å². The highest BCUT2D eigenvalue weighted by atomic mass is 79.9. The third-order valence-corrected chi connectivity index (χ3v) is 7.69. The van der Waals surface area contributed by atoms with Crippen LogP contribution in [0.4, 0.5) is 5.82 Å². The van der Waals surface area contributed by atoms with Crippen molar-refractivity contribution in [1.29, 1.82) is 0 Å². The van der Waals surface area contributed by atoms with Gasteiger partial charge in [0.05, 0.1) is 6.17 Å². The molecule has 5 rings (SSSR count). The second kappa shape index (κ2) is 7.70. The van der Waals surface area contributed by atoms with Crippen LogP contribution in [-0.2, 0) is 17.6 Å². The summed E-state index contributed by atoms with van der Waals surface area (Å²) in [6.45, 7) is 0.779. The Morgan fingerprint density at radius 3 is 2.93 bits per heavy atom. The van der Waals surface area contributed by atoms with E-state index in [4.69, 9.17) is 10.7 Å². The standard InChI is InChI=1S/C20H21BrN6OS/c21-14-7-12-2-1-3-13(12)8-15(14)29-20-26-17-18(22)24-10-25-19(17)27(20)16-6-11(9-28)4-5-23-16/h7-11,16,23H,1-6H2,(H2,22,24,25). The Labute approximate surface area is 181 Å². The molecule has 150 valence electrons. The molecule has 0 radical (unpaired) electrons. The topological polar surface area (TPSA) is 98.7 Å². The Morgan fingerprint density at radius 1 is 1.28 bits per heavy atom. The summed E-state index contributed by atoms with van der Waals surface area (Å²) in [5, 5.41) is 4.32. The number of halogens is 1. The molecule has 2 aromatic heterocycles. The van der Waals surface area contributed by atoms with Gasteiger partial charge in [-0.2, -0.15) is 0 Å². The van der Waals surface area contributed by atoms with E-state index in [2.05, 4.69) is 47.9 Å². The van der Waals surface area contributed by atoms with Crippen LogP contribution in [0.3, 0.4) is 0 Å². The molecule has 29 heavy (non-hydrogen) atoms. The number of aldehydes is 1. The van der Waals surface area contributed by atoms with Crippen LogP contribution in [0.15, 0.2) is 33.0 Å². The van der Waals surface area contributed by atoms with Gasteiger partial charge in [0.2, 0.25) is 0 Å². The SMILES string of the molecule is Nc1ncnc2c1nc(Sc1cc3c(cc1Br)CCC3)n2C1CC(C=O)CCN1. The molecule has 1 saturated heterocycles. The van der Waals surface area contributed by atoms with Gasteiger partial charge in [0.15, 0.2) is 22.1 Å². The van der Waals surface area contributed by atoms with Crippen LogP contribution in [0.1, 0.15) is 36.6 Å². The first-order valence-electron chi connectivity index (χ1n) is 9.80. The van der Waals surface area contributed by atoms with E-state index in [-0.39, 0.29) is 12.1 Å². The lowest BCUT2D eigenvalue weighted by atomic mass is 9.97. The van der Waals surface area contributed by atoms with Crippen molar-refractivity contribution >= 4 is 51.0 Å². The van der Waals surface area contributed by atoms with Crippen LogP contribution < -0.4 is 11.1 Å². The fourth-order valence-electron chi connectivity index (χ4n) is 4.25. The number of aryl methyl sites for hydroxylation is 2. The number of piperidine rings is 1. The second-order valence-electron chi connectivity index (χ2n) is 7.59. The number of nitrogens with one attached hydrogen (secondary N) is 1. The van der Waals surface area contributed by atoms with Crippen LogP contribution in [0.2, 0.25) is 0 Å². The minimum Gasteiger partial charge on any atom is -0.382 e. The van der Waals surface area contributed by atoms with Crippen molar-refractivity contribution in [1.82, 2.24) is 24.8 Å². The van der Waals surface area contributed by atoms with Gasteiger partial charge in [0.1, 0.15) is 12.6 Å². The second-order valence-corrected chi connectivity index (χ2v) is 9.46. The normalized spacial score (nSPS) is 21.4. The Kier molecular flexibility index (Phi) is 5.05. The van der Waals surface area contributed by atoms with Gasteiger partial charge in [-0.05, 0) is 77.8 Å². The van der Waals surface area contributed by atoms with Crippen LogP contribution in [0.25, 0.3) is 11.2 Å². The van der Waals surface area contributed by atoms with E-state index < -0.39 is 0 Å². The molecule has 9 heteroatoms. The van der Waals surface area contributed by atoms with Crippen LogP contribution >= 0.6 is 27.7 Å². The molecule has 0 bridgehead atoms. The minimum absolute atomic E-state index is 0.0301. The van der Waals surface area contributed by atoms with E-state index in [0.717, 1.165) is 46.6 Å². The molecular formula is C20H21BrN6OS. The third-order valence-electron chi connectivity index (χ3n) is 5.75. The van der Waals surface area contributed by atoms with Gasteiger partial charge in [-0.1, -0.05) is 11.8 Å². The number of rotatable bonds is 4. The predicted octanol–water partition coefficient (Wildman–Crippen LogP) is 3.51. The summed E-state index contributed by atoms with van der Waals surface area (Å²) in [7, 11) is 0. The molecule has 1 aliphatic heterocycles. The number of nitrogen functional groups attached to an aromatic ring is 1. The summed E-state index contributed by atoms with van der Waals surface area (Å²) in [5.74, 6) is 0.397. The number of fused-ring (bicyclic) bond motifs is 2. The van der Waals surface area contributed by atoms with Crippen molar-refractivity contribution in [3.05, 3.63) is 34.1 Å². The van der Waals surface area contributed by atoms with Crippen LogP contribution in [0, 0.1) is 5.92 Å². The first-order chi connectivity index (χ1) is 14.1. The molecular weight excluding hydrogens is 452 g/mol. The molecule has 1 aliphatic carbocycles. The molecule has 1 aromatic carbocycles. The maximum absolute atomic E-state index is 11.4. The number of benzene rings is 1. The van der Waals surface area contributed by atoms with Crippen molar-refractivity contribution in [3.8, 4) is 0 Å². The summed E-state index contributed by atoms with van der Waals surface area (Å²) in [5.41, 5.74) is 10.2. The lowest BCUT2D eigenvalue weighted by Crippen LogP contribution is -2.36. The first kappa shape index (κ1) is 19.0. The molecule has 2 unspecified atom stereocenters. The van der Waals surface area contributed by atoms with E-state index in [1.165, 1.54) is 23.9 Å². The number of carbonyl (C=O) groups excluding carboxylic acids is 1. The van der Waals surface area contributed by atoms with Gasteiger partial charge < -0.3 is 10.5 Å². The van der Waals surface area contributed by atoms with Crippen molar-refractivity contribution in [2.45, 2.75) is 48.3 Å². The van der Waals surface area contributed by atoms with E-state index in [0.29, 0.717) is 23.4 Å². The van der Waals surface area contributed by atoms with Crippen molar-refractivity contribution in [2.24, 2.45) is 5.92 Å². The van der Waals surface area contributed by atoms with Gasteiger partial charge in [-0.25, -0.2) is 15.0 Å². The average Bonchev–Trinajstić information content (AvgIpc) is 3.33. The number of hydrogen-bond donors (Lipinski definition) is 2. The Bertz CT molecular complexity index is 1100. The fraction of sp³-hybridized carbons (Fsp3) is 0.400. The predicted molar refractivity (Wildman–Crippen MR) is 116 cm³/mol. The van der Waals surface area contributed by atoms with Gasteiger partial charge in [0.25, 0.3) is 0 Å². The molecule has 7 nitrogen and oxygen atoms in total. The lowest BCUT2D eigenvalue weighted by Gasteiger charge is -2.29. The zero-order valence-corrected chi connectivity index (χ0v) is 18.2. The molecule has 0 amide bonds. The average molecular weight is 473 g/mol. The number of hydrogen-bond acceptors (Lipinski definition) is 7. The van der Waals surface area contributed by atoms with E-state index in [1.807, 2.05) is 0 Å². The summed E-state index contributed by atoms with van der Waals surface area (Å²) >= 11 is 5.33. The smallest absolute Gasteiger partial charge is 0.176 e. The molecule has 2 aliphatic rings. The summed E-state index contributed by atoms with van der Waals surface area (Å²) < 4.78 is 3.15.